The minimum atomic E-state index is -0.512. The molecule has 25 heavy (non-hydrogen) atoms. The zero-order valence-corrected chi connectivity index (χ0v) is 14.2. The van der Waals surface area contributed by atoms with Crippen molar-refractivity contribution in [2.24, 2.45) is 5.41 Å². The second-order valence-corrected chi connectivity index (χ2v) is 6.55. The Bertz CT molecular complexity index is 924. The minimum absolute atomic E-state index is 0.180. The highest BCUT2D eigenvalue weighted by molar-refractivity contribution is 5.88. The molecule has 2 aromatic heterocycles. The molecule has 4 rings (SSSR count). The lowest BCUT2D eigenvalue weighted by molar-refractivity contribution is -0.150. The van der Waals surface area contributed by atoms with Crippen LogP contribution in [0.5, 0.6) is 0 Å². The Kier molecular flexibility index (Phi) is 3.63. The van der Waals surface area contributed by atoms with Crippen LogP contribution in [-0.2, 0) is 9.53 Å². The molecule has 1 fully saturated rings. The third-order valence-corrected chi connectivity index (χ3v) is 4.80. The minimum Gasteiger partial charge on any atom is -0.469 e. The predicted molar refractivity (Wildman–Crippen MR) is 93.6 cm³/mol. The smallest absolute Gasteiger partial charge is 0.313 e. The first-order valence-electron chi connectivity index (χ1n) is 8.20. The zero-order valence-electron chi connectivity index (χ0n) is 14.2. The van der Waals surface area contributed by atoms with Gasteiger partial charge >= 0.3 is 5.97 Å². The van der Waals surface area contributed by atoms with E-state index in [4.69, 9.17) is 4.74 Å². The number of nitrogens with zero attached hydrogens (tertiary/aromatic N) is 5. The number of para-hydroxylation sites is 1. The summed E-state index contributed by atoms with van der Waals surface area (Å²) >= 11 is 0. The van der Waals surface area contributed by atoms with Crippen molar-refractivity contribution < 1.29 is 9.53 Å². The van der Waals surface area contributed by atoms with Crippen molar-refractivity contribution in [1.82, 2.24) is 19.7 Å². The Balaban J connectivity index is 1.73. The molecule has 0 N–H and O–H groups in total. The van der Waals surface area contributed by atoms with Crippen LogP contribution >= 0.6 is 0 Å². The van der Waals surface area contributed by atoms with E-state index in [2.05, 4.69) is 20.0 Å². The lowest BCUT2D eigenvalue weighted by atomic mass is 9.90. The molecule has 1 atom stereocenters. The number of hydrogen-bond acceptors (Lipinski definition) is 6. The van der Waals surface area contributed by atoms with E-state index in [1.54, 1.807) is 17.2 Å². The van der Waals surface area contributed by atoms with E-state index >= 15 is 0 Å². The Morgan fingerprint density at radius 2 is 2.04 bits per heavy atom. The second-order valence-electron chi connectivity index (χ2n) is 6.55. The first-order chi connectivity index (χ1) is 12.1. The molecule has 3 heterocycles. The molecule has 1 aliphatic heterocycles. The molecule has 7 heteroatoms. The number of anilines is 1. The Morgan fingerprint density at radius 1 is 1.24 bits per heavy atom. The highest BCUT2D eigenvalue weighted by Crippen LogP contribution is 2.35. The first kappa shape index (κ1) is 15.6. The summed E-state index contributed by atoms with van der Waals surface area (Å²) in [6.07, 6.45) is 4.07. The van der Waals surface area contributed by atoms with Gasteiger partial charge in [0.1, 0.15) is 12.1 Å². The van der Waals surface area contributed by atoms with E-state index in [1.165, 1.54) is 7.11 Å². The fourth-order valence-corrected chi connectivity index (χ4v) is 3.40. The van der Waals surface area contributed by atoms with E-state index in [1.807, 2.05) is 37.3 Å². The van der Waals surface area contributed by atoms with Gasteiger partial charge in [-0.1, -0.05) is 18.2 Å². The van der Waals surface area contributed by atoms with Crippen LogP contribution in [0.25, 0.3) is 16.7 Å². The largest absolute Gasteiger partial charge is 0.469 e. The van der Waals surface area contributed by atoms with Gasteiger partial charge in [0.05, 0.1) is 29.8 Å². The molecular weight excluding hydrogens is 318 g/mol. The molecule has 0 amide bonds. The molecule has 0 bridgehead atoms. The standard InChI is InChI=1S/C18H19N5O2/c1-18(17(24)25-2)8-9-22(11-18)15-14-10-21-23(16(14)20-12-19-15)13-6-4-3-5-7-13/h3-7,10,12H,8-9,11H2,1-2H3. The fraction of sp³-hybridized carbons (Fsp3) is 0.333. The maximum absolute atomic E-state index is 12.1. The summed E-state index contributed by atoms with van der Waals surface area (Å²) in [7, 11) is 1.43. The molecule has 3 aromatic rings. The molecule has 128 valence electrons. The van der Waals surface area contributed by atoms with Gasteiger partial charge in [0.2, 0.25) is 0 Å². The van der Waals surface area contributed by atoms with Gasteiger partial charge in [-0.25, -0.2) is 14.6 Å². The lowest BCUT2D eigenvalue weighted by Gasteiger charge is -2.22. The van der Waals surface area contributed by atoms with Crippen LogP contribution in [0.15, 0.2) is 42.9 Å². The van der Waals surface area contributed by atoms with Crippen LogP contribution < -0.4 is 4.90 Å². The average molecular weight is 337 g/mol. The van der Waals surface area contributed by atoms with Crippen LogP contribution in [-0.4, -0.2) is 45.9 Å². The summed E-state index contributed by atoms with van der Waals surface area (Å²) in [4.78, 5) is 23.0. The number of ether oxygens (including phenoxy) is 1. The van der Waals surface area contributed by atoms with Crippen molar-refractivity contribution in [2.45, 2.75) is 13.3 Å². The number of rotatable bonds is 3. The molecule has 1 aromatic carbocycles. The van der Waals surface area contributed by atoms with Gasteiger partial charge < -0.3 is 9.64 Å². The van der Waals surface area contributed by atoms with E-state index in [-0.39, 0.29) is 5.97 Å². The van der Waals surface area contributed by atoms with Crippen molar-refractivity contribution >= 4 is 22.8 Å². The van der Waals surface area contributed by atoms with Crippen LogP contribution in [0.2, 0.25) is 0 Å². The van der Waals surface area contributed by atoms with E-state index in [0.717, 1.165) is 35.5 Å². The summed E-state index contributed by atoms with van der Waals surface area (Å²) in [6, 6.07) is 9.87. The van der Waals surface area contributed by atoms with Crippen molar-refractivity contribution in [2.75, 3.05) is 25.1 Å². The molecule has 7 nitrogen and oxygen atoms in total. The predicted octanol–water partition coefficient (Wildman–Crippen LogP) is 2.20. The summed E-state index contributed by atoms with van der Waals surface area (Å²) < 4.78 is 6.76. The number of esters is 1. The van der Waals surface area contributed by atoms with Crippen LogP contribution in [0.3, 0.4) is 0 Å². The third-order valence-electron chi connectivity index (χ3n) is 4.80. The number of hydrogen-bond donors (Lipinski definition) is 0. The molecule has 1 unspecified atom stereocenters. The van der Waals surface area contributed by atoms with Gasteiger partial charge in [0.15, 0.2) is 5.65 Å². The molecule has 0 radical (unpaired) electrons. The molecule has 0 aliphatic carbocycles. The van der Waals surface area contributed by atoms with Crippen molar-refractivity contribution in [3.8, 4) is 5.69 Å². The van der Waals surface area contributed by atoms with Gasteiger partial charge in [-0.2, -0.15) is 5.10 Å². The molecule has 0 spiro atoms. The normalized spacial score (nSPS) is 20.2. The lowest BCUT2D eigenvalue weighted by Crippen LogP contribution is -2.33. The average Bonchev–Trinajstić information content (AvgIpc) is 3.26. The van der Waals surface area contributed by atoms with Gasteiger partial charge in [0.25, 0.3) is 0 Å². The molecule has 1 saturated heterocycles. The van der Waals surface area contributed by atoms with Crippen molar-refractivity contribution in [1.29, 1.82) is 0 Å². The Morgan fingerprint density at radius 3 is 2.80 bits per heavy atom. The summed E-state index contributed by atoms with van der Waals surface area (Å²) in [6.45, 7) is 3.25. The van der Waals surface area contributed by atoms with Gasteiger partial charge in [0, 0.05) is 13.1 Å². The molecule has 1 aliphatic rings. The number of benzene rings is 1. The number of fused-ring (bicyclic) bond motifs is 1. The maximum Gasteiger partial charge on any atom is 0.313 e. The monoisotopic (exact) mass is 337 g/mol. The molecule has 0 saturated carbocycles. The second kappa shape index (κ2) is 5.84. The van der Waals surface area contributed by atoms with Gasteiger partial charge in [-0.15, -0.1) is 0 Å². The SMILES string of the molecule is COC(=O)C1(C)CCN(c2ncnc3c2cnn3-c2ccccc2)C1. The van der Waals surface area contributed by atoms with Crippen LogP contribution in [0.1, 0.15) is 13.3 Å². The van der Waals surface area contributed by atoms with Crippen LogP contribution in [0, 0.1) is 5.41 Å². The maximum atomic E-state index is 12.1. The quantitative estimate of drug-likeness (QED) is 0.682. The Labute approximate surface area is 145 Å². The topological polar surface area (TPSA) is 73.1 Å². The van der Waals surface area contributed by atoms with E-state index in [9.17, 15) is 4.79 Å². The summed E-state index contributed by atoms with van der Waals surface area (Å²) in [5.74, 6) is 0.625. The Hall–Kier alpha value is -2.96. The number of carbonyl (C=O) groups is 1. The highest BCUT2D eigenvalue weighted by Gasteiger charge is 2.42. The van der Waals surface area contributed by atoms with Crippen LogP contribution in [0.4, 0.5) is 5.82 Å². The van der Waals surface area contributed by atoms with Gasteiger partial charge in [-0.3, -0.25) is 4.79 Å². The number of methoxy groups -OCH3 is 1. The zero-order chi connectivity index (χ0) is 17.4. The third kappa shape index (κ3) is 2.52. The van der Waals surface area contributed by atoms with Crippen molar-refractivity contribution in [3.05, 3.63) is 42.9 Å². The first-order valence-corrected chi connectivity index (χ1v) is 8.20. The van der Waals surface area contributed by atoms with E-state index in [0.29, 0.717) is 6.54 Å². The summed E-state index contributed by atoms with van der Waals surface area (Å²) in [5, 5.41) is 5.36. The molecular formula is C18H19N5O2. The summed E-state index contributed by atoms with van der Waals surface area (Å²) in [5.41, 5.74) is 1.19. The number of carbonyl (C=O) groups excluding carboxylic acids is 1. The highest BCUT2D eigenvalue weighted by atomic mass is 16.5. The van der Waals surface area contributed by atoms with E-state index < -0.39 is 5.41 Å². The van der Waals surface area contributed by atoms with Crippen molar-refractivity contribution in [3.63, 3.8) is 0 Å². The fourth-order valence-electron chi connectivity index (χ4n) is 3.40. The number of aromatic nitrogens is 4. The van der Waals surface area contributed by atoms with Gasteiger partial charge in [-0.05, 0) is 25.5 Å².